The van der Waals surface area contributed by atoms with E-state index < -0.39 is 0 Å². The maximum absolute atomic E-state index is 5.79. The van der Waals surface area contributed by atoms with E-state index in [-0.39, 0.29) is 0 Å². The number of rotatable bonds is 2. The Morgan fingerprint density at radius 1 is 1.08 bits per heavy atom. The van der Waals surface area contributed by atoms with Crippen molar-refractivity contribution in [2.45, 2.75) is 26.7 Å². The molecule has 134 valence electrons. The van der Waals surface area contributed by atoms with Crippen LogP contribution in [-0.4, -0.2) is 47.9 Å². The third kappa shape index (κ3) is 3.82. The predicted octanol–water partition coefficient (Wildman–Crippen LogP) is 2.31. The monoisotopic (exact) mass is 343 g/mol. The highest BCUT2D eigenvalue weighted by molar-refractivity contribution is 5.62. The van der Waals surface area contributed by atoms with Gasteiger partial charge in [-0.25, -0.2) is 9.97 Å². The van der Waals surface area contributed by atoms with Gasteiger partial charge in [-0.15, -0.1) is 0 Å². The Balaban J connectivity index is 0.000000880. The van der Waals surface area contributed by atoms with Crippen molar-refractivity contribution < 1.29 is 9.47 Å². The number of pyridine rings is 1. The van der Waals surface area contributed by atoms with Crippen molar-refractivity contribution in [2.24, 2.45) is 0 Å². The van der Waals surface area contributed by atoms with Crippen LogP contribution in [0, 0.1) is 0 Å². The van der Waals surface area contributed by atoms with Gasteiger partial charge in [0.2, 0.25) is 5.88 Å². The largest absolute Gasteiger partial charge is 0.477 e. The maximum atomic E-state index is 5.79. The van der Waals surface area contributed by atoms with Gasteiger partial charge in [0.25, 0.3) is 0 Å². The fourth-order valence-corrected chi connectivity index (χ4v) is 2.91. The van der Waals surface area contributed by atoms with Gasteiger partial charge in [-0.1, -0.05) is 13.8 Å². The van der Waals surface area contributed by atoms with Crippen LogP contribution in [0.25, 0.3) is 11.4 Å². The smallest absolute Gasteiger partial charge is 0.222 e. The number of anilines is 2. The van der Waals surface area contributed by atoms with Crippen molar-refractivity contribution >= 4 is 11.6 Å². The van der Waals surface area contributed by atoms with E-state index in [1.165, 1.54) is 0 Å². The lowest BCUT2D eigenvalue weighted by molar-refractivity contribution is 0.122. The summed E-state index contributed by atoms with van der Waals surface area (Å²) in [6.07, 6.45) is 3.64. The van der Waals surface area contributed by atoms with Gasteiger partial charge in [-0.05, 0) is 25.0 Å². The zero-order chi connectivity index (χ0) is 17.6. The van der Waals surface area contributed by atoms with E-state index in [0.29, 0.717) is 24.1 Å². The first kappa shape index (κ1) is 17.4. The minimum absolute atomic E-state index is 0.483. The molecular weight excluding hydrogens is 318 g/mol. The average Bonchev–Trinajstić information content (AvgIpc) is 2.70. The normalized spacial score (nSPS) is 16.3. The lowest BCUT2D eigenvalue weighted by Crippen LogP contribution is -2.38. The number of hydrogen-bond acceptors (Lipinski definition) is 7. The summed E-state index contributed by atoms with van der Waals surface area (Å²) in [6.45, 7) is 7.81. The molecule has 7 heteroatoms. The van der Waals surface area contributed by atoms with Crippen LogP contribution >= 0.6 is 0 Å². The van der Waals surface area contributed by atoms with Gasteiger partial charge in [-0.3, -0.25) is 0 Å². The fraction of sp³-hybridized carbons (Fsp3) is 0.500. The fourth-order valence-electron chi connectivity index (χ4n) is 2.91. The Labute approximate surface area is 148 Å². The van der Waals surface area contributed by atoms with Crippen LogP contribution in [0.3, 0.4) is 0 Å². The second-order valence-electron chi connectivity index (χ2n) is 5.68. The van der Waals surface area contributed by atoms with Crippen LogP contribution in [0.1, 0.15) is 25.8 Å². The van der Waals surface area contributed by atoms with Gasteiger partial charge in [0.15, 0.2) is 5.82 Å². The van der Waals surface area contributed by atoms with Crippen molar-refractivity contribution in [3.05, 3.63) is 23.9 Å². The highest BCUT2D eigenvalue weighted by Gasteiger charge is 2.24. The lowest BCUT2D eigenvalue weighted by atomic mass is 10.1. The van der Waals surface area contributed by atoms with Crippen molar-refractivity contribution in [3.63, 3.8) is 0 Å². The van der Waals surface area contributed by atoms with E-state index in [0.717, 1.165) is 56.1 Å². The first-order chi connectivity index (χ1) is 12.3. The summed E-state index contributed by atoms with van der Waals surface area (Å²) < 4.78 is 11.2. The summed E-state index contributed by atoms with van der Waals surface area (Å²) in [6, 6.07) is 3.64. The van der Waals surface area contributed by atoms with Gasteiger partial charge in [0, 0.05) is 24.8 Å². The molecule has 0 aromatic carbocycles. The van der Waals surface area contributed by atoms with E-state index in [1.54, 1.807) is 12.3 Å². The zero-order valence-electron chi connectivity index (χ0n) is 14.9. The van der Waals surface area contributed by atoms with Gasteiger partial charge < -0.3 is 20.1 Å². The average molecular weight is 343 g/mol. The number of fused-ring (bicyclic) bond motifs is 1. The van der Waals surface area contributed by atoms with Crippen LogP contribution in [0.5, 0.6) is 5.88 Å². The molecule has 1 fully saturated rings. The Bertz CT molecular complexity index is 699. The first-order valence-electron chi connectivity index (χ1n) is 8.89. The van der Waals surface area contributed by atoms with Crippen molar-refractivity contribution in [1.29, 1.82) is 0 Å². The van der Waals surface area contributed by atoms with E-state index in [9.17, 15) is 0 Å². The molecule has 0 spiro atoms. The van der Waals surface area contributed by atoms with Crippen molar-refractivity contribution in [1.82, 2.24) is 15.0 Å². The third-order valence-corrected chi connectivity index (χ3v) is 4.11. The van der Waals surface area contributed by atoms with Crippen LogP contribution in [0.15, 0.2) is 18.3 Å². The number of hydrogen-bond donors (Lipinski definition) is 1. The molecule has 0 radical (unpaired) electrons. The minimum atomic E-state index is 0.483. The quantitative estimate of drug-likeness (QED) is 0.895. The molecule has 0 atom stereocenters. The number of aromatic nitrogens is 3. The van der Waals surface area contributed by atoms with Crippen LogP contribution in [0.2, 0.25) is 0 Å². The summed E-state index contributed by atoms with van der Waals surface area (Å²) >= 11 is 0. The van der Waals surface area contributed by atoms with Gasteiger partial charge in [-0.2, -0.15) is 4.98 Å². The summed E-state index contributed by atoms with van der Waals surface area (Å²) in [4.78, 5) is 15.8. The van der Waals surface area contributed by atoms with Gasteiger partial charge in [0.05, 0.1) is 25.4 Å². The van der Waals surface area contributed by atoms with Crippen LogP contribution in [-0.2, 0) is 11.2 Å². The molecule has 0 amide bonds. The summed E-state index contributed by atoms with van der Waals surface area (Å²) in [5, 5.41) is 0. The highest BCUT2D eigenvalue weighted by Crippen LogP contribution is 2.33. The molecule has 25 heavy (non-hydrogen) atoms. The lowest BCUT2D eigenvalue weighted by Gasteiger charge is -2.31. The number of ether oxygens (including phenoxy) is 2. The Morgan fingerprint density at radius 2 is 1.88 bits per heavy atom. The molecule has 4 heterocycles. The second kappa shape index (κ2) is 8.11. The van der Waals surface area contributed by atoms with Crippen LogP contribution < -0.4 is 15.4 Å². The molecule has 2 aromatic rings. The molecule has 2 N–H and O–H groups in total. The van der Waals surface area contributed by atoms with E-state index in [4.69, 9.17) is 20.2 Å². The first-order valence-corrected chi connectivity index (χ1v) is 8.89. The van der Waals surface area contributed by atoms with Crippen LogP contribution in [0.4, 0.5) is 11.6 Å². The molecule has 0 aliphatic carbocycles. The highest BCUT2D eigenvalue weighted by atomic mass is 16.5. The summed E-state index contributed by atoms with van der Waals surface area (Å²) in [5.41, 5.74) is 7.60. The topological polar surface area (TPSA) is 86.4 Å². The standard InChI is InChI=1S/C16H19N5O2.C2H6/c17-13-4-3-11(10-18-13)14-19-15(21-5-8-22-9-6-21)12-2-1-7-23-16(12)20-14;1-2/h3-4,10H,1-2,5-9H2,(H2,17,18);1-2H3. The predicted molar refractivity (Wildman–Crippen MR) is 97.9 cm³/mol. The molecule has 7 nitrogen and oxygen atoms in total. The molecular formula is C18H25N5O2. The van der Waals surface area contributed by atoms with Gasteiger partial charge in [0.1, 0.15) is 11.6 Å². The van der Waals surface area contributed by atoms with Crippen molar-refractivity contribution in [3.8, 4) is 17.3 Å². The van der Waals surface area contributed by atoms with E-state index in [2.05, 4.69) is 14.9 Å². The third-order valence-electron chi connectivity index (χ3n) is 4.11. The number of nitrogens with two attached hydrogens (primary N) is 1. The molecule has 2 aliphatic rings. The number of morpholine rings is 1. The second-order valence-corrected chi connectivity index (χ2v) is 5.68. The number of nitrogens with zero attached hydrogens (tertiary/aromatic N) is 4. The summed E-state index contributed by atoms with van der Waals surface area (Å²) in [7, 11) is 0. The molecule has 1 saturated heterocycles. The minimum Gasteiger partial charge on any atom is -0.477 e. The van der Waals surface area contributed by atoms with E-state index in [1.807, 2.05) is 19.9 Å². The molecule has 2 aliphatic heterocycles. The number of nitrogen functional groups attached to an aromatic ring is 1. The maximum Gasteiger partial charge on any atom is 0.222 e. The van der Waals surface area contributed by atoms with E-state index >= 15 is 0 Å². The Kier molecular flexibility index (Phi) is 5.65. The Morgan fingerprint density at radius 3 is 2.60 bits per heavy atom. The SMILES string of the molecule is CC.Nc1ccc(-c2nc3c(c(N4CCOCC4)n2)CCCO3)cn1. The van der Waals surface area contributed by atoms with Gasteiger partial charge >= 0.3 is 0 Å². The molecule has 0 unspecified atom stereocenters. The zero-order valence-corrected chi connectivity index (χ0v) is 14.9. The molecule has 2 aromatic heterocycles. The Hall–Kier alpha value is -2.41. The summed E-state index contributed by atoms with van der Waals surface area (Å²) in [5.74, 6) is 2.76. The molecule has 4 rings (SSSR count). The van der Waals surface area contributed by atoms with Crippen molar-refractivity contribution in [2.75, 3.05) is 43.5 Å². The molecule has 0 bridgehead atoms. The molecule has 0 saturated carbocycles.